The van der Waals surface area contributed by atoms with Crippen molar-refractivity contribution in [2.75, 3.05) is 18.9 Å². The van der Waals surface area contributed by atoms with Crippen LogP contribution < -0.4 is 5.32 Å². The Morgan fingerprint density at radius 3 is 2.58 bits per heavy atom. The lowest BCUT2D eigenvalue weighted by Gasteiger charge is -2.13. The Labute approximate surface area is 151 Å². The van der Waals surface area contributed by atoms with Crippen LogP contribution in [0.15, 0.2) is 60.0 Å². The Balaban J connectivity index is 1.63. The number of nitrogens with zero attached hydrogens (tertiary/aromatic N) is 2. The summed E-state index contributed by atoms with van der Waals surface area (Å²) in [6, 6.07) is 16.4. The number of carbonyl (C=O) groups excluding carboxylic acids is 1. The molecule has 0 bridgehead atoms. The Kier molecular flexibility index (Phi) is 5.15. The van der Waals surface area contributed by atoms with Crippen molar-refractivity contribution in [1.29, 1.82) is 0 Å². The van der Waals surface area contributed by atoms with Gasteiger partial charge in [0.1, 0.15) is 0 Å². The largest absolute Gasteiger partial charge is 0.324 e. The number of nitrogens with one attached hydrogen (secondary N) is 2. The van der Waals surface area contributed by atoms with Gasteiger partial charge in [-0.3, -0.25) is 10.1 Å². The van der Waals surface area contributed by atoms with E-state index in [1.54, 1.807) is 12.1 Å². The predicted octanol–water partition coefficient (Wildman–Crippen LogP) is 2.43. The Hall–Kier alpha value is -2.97. The molecular formula is C18H18N4O3S. The number of hydrogen-bond acceptors (Lipinski definition) is 4. The van der Waals surface area contributed by atoms with E-state index in [4.69, 9.17) is 0 Å². The maximum atomic E-state index is 12.3. The van der Waals surface area contributed by atoms with Crippen molar-refractivity contribution in [1.82, 2.24) is 14.3 Å². The van der Waals surface area contributed by atoms with Crippen molar-refractivity contribution >= 4 is 39.0 Å². The van der Waals surface area contributed by atoms with Gasteiger partial charge in [-0.15, -0.1) is 0 Å². The van der Waals surface area contributed by atoms with E-state index < -0.39 is 15.9 Å². The van der Waals surface area contributed by atoms with Crippen LogP contribution in [0.25, 0.3) is 17.1 Å². The summed E-state index contributed by atoms with van der Waals surface area (Å²) in [6.07, 6.45) is 1.49. The number of imidazole rings is 1. The van der Waals surface area contributed by atoms with Crippen molar-refractivity contribution in [3.8, 4) is 0 Å². The number of para-hydroxylation sites is 2. The molecule has 0 spiro atoms. The quantitative estimate of drug-likeness (QED) is 0.697. The Morgan fingerprint density at radius 2 is 1.85 bits per heavy atom. The van der Waals surface area contributed by atoms with Gasteiger partial charge in [0, 0.05) is 12.5 Å². The van der Waals surface area contributed by atoms with Crippen LogP contribution in [0.3, 0.4) is 0 Å². The van der Waals surface area contributed by atoms with E-state index in [-0.39, 0.29) is 12.5 Å². The molecule has 1 aromatic heterocycles. The van der Waals surface area contributed by atoms with Crippen LogP contribution in [0.5, 0.6) is 0 Å². The van der Waals surface area contributed by atoms with Gasteiger partial charge in [-0.2, -0.15) is 4.31 Å². The molecule has 3 aromatic rings. The summed E-state index contributed by atoms with van der Waals surface area (Å²) in [5.74, 6) is -0.204. The van der Waals surface area contributed by atoms with Crippen LogP contribution in [0.1, 0.15) is 5.56 Å². The minimum Gasteiger partial charge on any atom is -0.324 e. The number of H-pyrrole nitrogens is 1. The van der Waals surface area contributed by atoms with Gasteiger partial charge in [-0.05, 0) is 23.8 Å². The molecule has 1 heterocycles. The lowest BCUT2D eigenvalue weighted by molar-refractivity contribution is -0.116. The molecule has 3 rings (SSSR count). The summed E-state index contributed by atoms with van der Waals surface area (Å²) < 4.78 is 25.5. The summed E-state index contributed by atoms with van der Waals surface area (Å²) in [4.78, 5) is 19.3. The number of sulfonamides is 1. The number of likely N-dealkylation sites (N-methyl/N-ethyl adjacent to an activating group) is 1. The summed E-state index contributed by atoms with van der Waals surface area (Å²) in [5.41, 5.74) is 2.26. The van der Waals surface area contributed by atoms with Gasteiger partial charge in [0.25, 0.3) is 0 Å². The second-order valence-corrected chi connectivity index (χ2v) is 7.59. The molecule has 7 nitrogen and oxygen atoms in total. The van der Waals surface area contributed by atoms with E-state index in [1.807, 2.05) is 42.5 Å². The molecule has 134 valence electrons. The molecule has 0 aliphatic carbocycles. The fourth-order valence-corrected chi connectivity index (χ4v) is 3.14. The van der Waals surface area contributed by atoms with Crippen LogP contribution in [0.4, 0.5) is 5.95 Å². The SMILES string of the molecule is CN(CC(=O)Nc1nc2ccccc2[nH]1)S(=O)(=O)C=Cc1ccccc1. The summed E-state index contributed by atoms with van der Waals surface area (Å²) in [7, 11) is -2.36. The number of aromatic nitrogens is 2. The normalized spacial score (nSPS) is 12.1. The first kappa shape index (κ1) is 17.8. The first-order valence-corrected chi connectivity index (χ1v) is 9.38. The molecule has 0 saturated heterocycles. The van der Waals surface area contributed by atoms with Crippen LogP contribution >= 0.6 is 0 Å². The average Bonchev–Trinajstić information content (AvgIpc) is 3.03. The fraction of sp³-hybridized carbons (Fsp3) is 0.111. The van der Waals surface area contributed by atoms with Crippen molar-refractivity contribution in [3.63, 3.8) is 0 Å². The first-order valence-electron chi connectivity index (χ1n) is 7.88. The predicted molar refractivity (Wildman–Crippen MR) is 102 cm³/mol. The number of amides is 1. The van der Waals surface area contributed by atoms with Crippen LogP contribution in [0, 0.1) is 0 Å². The van der Waals surface area contributed by atoms with Crippen molar-refractivity contribution in [2.24, 2.45) is 0 Å². The lowest BCUT2D eigenvalue weighted by Crippen LogP contribution is -2.34. The molecule has 0 fully saturated rings. The monoisotopic (exact) mass is 370 g/mol. The van der Waals surface area contributed by atoms with Crippen molar-refractivity contribution in [3.05, 3.63) is 65.6 Å². The third-order valence-electron chi connectivity index (χ3n) is 3.68. The fourth-order valence-electron chi connectivity index (χ4n) is 2.31. The smallest absolute Gasteiger partial charge is 0.242 e. The van der Waals surface area contributed by atoms with E-state index in [0.717, 1.165) is 26.3 Å². The second kappa shape index (κ2) is 7.51. The number of hydrogen-bond donors (Lipinski definition) is 2. The van der Waals surface area contributed by atoms with Gasteiger partial charge >= 0.3 is 0 Å². The lowest BCUT2D eigenvalue weighted by atomic mass is 10.2. The zero-order valence-corrected chi connectivity index (χ0v) is 14.9. The maximum absolute atomic E-state index is 12.3. The minimum absolute atomic E-state index is 0.279. The van der Waals surface area contributed by atoms with Crippen molar-refractivity contribution < 1.29 is 13.2 Å². The van der Waals surface area contributed by atoms with Gasteiger partial charge in [-0.1, -0.05) is 42.5 Å². The molecule has 26 heavy (non-hydrogen) atoms. The summed E-state index contributed by atoms with van der Waals surface area (Å²) in [6.45, 7) is -0.321. The molecule has 1 amide bonds. The number of anilines is 1. The highest BCUT2D eigenvalue weighted by molar-refractivity contribution is 7.92. The van der Waals surface area contributed by atoms with Crippen LogP contribution in [0.2, 0.25) is 0 Å². The number of carbonyl (C=O) groups is 1. The molecule has 0 radical (unpaired) electrons. The number of fused-ring (bicyclic) bond motifs is 1. The second-order valence-electron chi connectivity index (χ2n) is 5.67. The topological polar surface area (TPSA) is 95.2 Å². The highest BCUT2D eigenvalue weighted by Gasteiger charge is 2.18. The van der Waals surface area contributed by atoms with Crippen molar-refractivity contribution in [2.45, 2.75) is 0 Å². The minimum atomic E-state index is -3.71. The zero-order valence-electron chi connectivity index (χ0n) is 14.1. The number of aromatic amines is 1. The zero-order chi connectivity index (χ0) is 18.6. The van der Waals surface area contributed by atoms with E-state index in [9.17, 15) is 13.2 Å². The van der Waals surface area contributed by atoms with E-state index in [1.165, 1.54) is 13.1 Å². The van der Waals surface area contributed by atoms with Gasteiger partial charge in [0.2, 0.25) is 21.9 Å². The molecule has 0 aliphatic rings. The third-order valence-corrected chi connectivity index (χ3v) is 5.16. The molecule has 0 saturated carbocycles. The summed E-state index contributed by atoms with van der Waals surface area (Å²) in [5, 5.41) is 3.65. The highest BCUT2D eigenvalue weighted by Crippen LogP contribution is 2.13. The molecule has 2 aromatic carbocycles. The molecule has 0 unspecified atom stereocenters. The molecule has 2 N–H and O–H groups in total. The van der Waals surface area contributed by atoms with Crippen LogP contribution in [-0.2, 0) is 14.8 Å². The van der Waals surface area contributed by atoms with E-state index in [2.05, 4.69) is 15.3 Å². The van der Waals surface area contributed by atoms with E-state index in [0.29, 0.717) is 0 Å². The Morgan fingerprint density at radius 1 is 1.15 bits per heavy atom. The molecular weight excluding hydrogens is 352 g/mol. The first-order chi connectivity index (χ1) is 12.4. The van der Waals surface area contributed by atoms with Gasteiger partial charge in [0.15, 0.2) is 0 Å². The van der Waals surface area contributed by atoms with E-state index >= 15 is 0 Å². The number of benzene rings is 2. The third kappa shape index (κ3) is 4.35. The summed E-state index contributed by atoms with van der Waals surface area (Å²) >= 11 is 0. The highest BCUT2D eigenvalue weighted by atomic mass is 32.2. The van der Waals surface area contributed by atoms with Gasteiger partial charge < -0.3 is 4.98 Å². The molecule has 8 heteroatoms. The molecule has 0 atom stereocenters. The number of rotatable bonds is 6. The average molecular weight is 370 g/mol. The molecule has 0 aliphatic heterocycles. The maximum Gasteiger partial charge on any atom is 0.242 e. The standard InChI is InChI=1S/C18H18N4O3S/c1-22(26(24,25)12-11-14-7-3-2-4-8-14)13-17(23)21-18-19-15-9-5-6-10-16(15)20-18/h2-12H,13H2,1H3,(H2,19,20,21,23). The van der Waals surface area contributed by atoms with Crippen LogP contribution in [-0.4, -0.2) is 42.2 Å². The Bertz CT molecular complexity index is 1010. The van der Waals surface area contributed by atoms with Gasteiger partial charge in [-0.25, -0.2) is 13.4 Å². The van der Waals surface area contributed by atoms with Gasteiger partial charge in [0.05, 0.1) is 17.6 Å².